The smallest absolute Gasteiger partial charge is 0.225 e. The van der Waals surface area contributed by atoms with E-state index in [-0.39, 0.29) is 7.43 Å². The molecular formula is C27H39N5O. The third-order valence-electron chi connectivity index (χ3n) is 6.21. The molecule has 1 fully saturated rings. The van der Waals surface area contributed by atoms with E-state index >= 15 is 0 Å². The number of hydrogen-bond donors (Lipinski definition) is 2. The molecule has 0 unspecified atom stereocenters. The number of nitrogens with one attached hydrogen (secondary N) is 2. The van der Waals surface area contributed by atoms with Gasteiger partial charge >= 0.3 is 0 Å². The molecule has 6 nitrogen and oxygen atoms in total. The van der Waals surface area contributed by atoms with Gasteiger partial charge in [0.1, 0.15) is 11.6 Å². The Kier molecular flexibility index (Phi) is 8.89. The van der Waals surface area contributed by atoms with Crippen LogP contribution in [0, 0.1) is 5.92 Å². The molecule has 2 N–H and O–H groups in total. The van der Waals surface area contributed by atoms with E-state index in [1.807, 2.05) is 45.3 Å². The van der Waals surface area contributed by atoms with Crippen molar-refractivity contribution in [3.05, 3.63) is 54.1 Å². The molecule has 1 aliphatic carbocycles. The lowest BCUT2D eigenvalue weighted by atomic mass is 9.86. The van der Waals surface area contributed by atoms with E-state index in [1.54, 1.807) is 0 Å². The summed E-state index contributed by atoms with van der Waals surface area (Å²) in [6.07, 6.45) is 4.72. The third kappa shape index (κ3) is 6.35. The molecule has 0 bridgehead atoms. The lowest BCUT2D eigenvalue weighted by Gasteiger charge is -2.29. The lowest BCUT2D eigenvalue weighted by Crippen LogP contribution is -2.31. The van der Waals surface area contributed by atoms with Crippen LogP contribution in [-0.4, -0.2) is 43.3 Å². The molecular weight excluding hydrogens is 410 g/mol. The van der Waals surface area contributed by atoms with E-state index in [4.69, 9.17) is 14.7 Å². The Morgan fingerprint density at radius 3 is 2.45 bits per heavy atom. The second-order valence-electron chi connectivity index (χ2n) is 8.82. The minimum absolute atomic E-state index is 0. The molecule has 0 atom stereocenters. The van der Waals surface area contributed by atoms with Crippen molar-refractivity contribution in [1.29, 1.82) is 0 Å². The van der Waals surface area contributed by atoms with Crippen molar-refractivity contribution in [1.82, 2.24) is 15.3 Å². The first kappa shape index (κ1) is 24.8. The predicted molar refractivity (Wildman–Crippen MR) is 139 cm³/mol. The van der Waals surface area contributed by atoms with Gasteiger partial charge < -0.3 is 20.3 Å². The zero-order chi connectivity index (χ0) is 22.3. The molecule has 2 aromatic carbocycles. The summed E-state index contributed by atoms with van der Waals surface area (Å²) in [6.45, 7) is 4.63. The monoisotopic (exact) mass is 449 g/mol. The second-order valence-corrected chi connectivity index (χ2v) is 8.82. The standard InChI is InChI=1S/C26H35N5O.CH4/c1-4-32-24-12-8-5-9-20(24)18-27-17-19-13-15-21(16-14-19)28-26-29-23-11-7-6-10-22(23)25(30-26)31(2)3;/h5-12,19,21,27H,4,13-18H2,1-3H3,(H,28,29,30);1H4. The van der Waals surface area contributed by atoms with Gasteiger partial charge in [-0.25, -0.2) is 4.98 Å². The highest BCUT2D eigenvalue weighted by Gasteiger charge is 2.22. The second kappa shape index (κ2) is 11.8. The summed E-state index contributed by atoms with van der Waals surface area (Å²) in [4.78, 5) is 11.6. The van der Waals surface area contributed by atoms with Gasteiger partial charge in [-0.05, 0) is 63.3 Å². The number of hydrogen-bond acceptors (Lipinski definition) is 6. The average Bonchev–Trinajstić information content (AvgIpc) is 2.81. The molecule has 1 aromatic heterocycles. The first-order valence-corrected chi connectivity index (χ1v) is 11.8. The molecule has 0 amide bonds. The highest BCUT2D eigenvalue weighted by atomic mass is 16.5. The van der Waals surface area contributed by atoms with Gasteiger partial charge in [0.15, 0.2) is 0 Å². The summed E-state index contributed by atoms with van der Waals surface area (Å²) in [6, 6.07) is 16.9. The maximum absolute atomic E-state index is 5.74. The van der Waals surface area contributed by atoms with Gasteiger partial charge in [-0.2, -0.15) is 4.98 Å². The Hall–Kier alpha value is -2.86. The SMILES string of the molecule is C.CCOc1ccccc1CNCC1CCC(Nc2nc(N(C)C)c3ccccc3n2)CC1. The highest BCUT2D eigenvalue weighted by molar-refractivity contribution is 5.90. The predicted octanol–water partition coefficient (Wildman–Crippen LogP) is 5.49. The van der Waals surface area contributed by atoms with Crippen LogP contribution in [0.15, 0.2) is 48.5 Å². The van der Waals surface area contributed by atoms with Crippen LogP contribution in [0.3, 0.4) is 0 Å². The zero-order valence-electron chi connectivity index (χ0n) is 19.5. The molecule has 1 saturated carbocycles. The van der Waals surface area contributed by atoms with Gasteiger partial charge in [0.2, 0.25) is 5.95 Å². The molecule has 33 heavy (non-hydrogen) atoms. The van der Waals surface area contributed by atoms with Crippen molar-refractivity contribution in [2.75, 3.05) is 37.5 Å². The maximum Gasteiger partial charge on any atom is 0.225 e. The Bertz CT molecular complexity index is 1010. The zero-order valence-corrected chi connectivity index (χ0v) is 19.5. The summed E-state index contributed by atoms with van der Waals surface area (Å²) in [5, 5.41) is 8.34. The summed E-state index contributed by atoms with van der Waals surface area (Å²) < 4.78 is 5.74. The third-order valence-corrected chi connectivity index (χ3v) is 6.21. The van der Waals surface area contributed by atoms with Crippen LogP contribution in [0.1, 0.15) is 45.6 Å². The van der Waals surface area contributed by atoms with E-state index < -0.39 is 0 Å². The van der Waals surface area contributed by atoms with Crippen LogP contribution >= 0.6 is 0 Å². The number of para-hydroxylation sites is 2. The van der Waals surface area contributed by atoms with Gasteiger partial charge in [0.05, 0.1) is 12.1 Å². The molecule has 0 radical (unpaired) electrons. The van der Waals surface area contributed by atoms with E-state index in [2.05, 4.69) is 39.8 Å². The first-order chi connectivity index (χ1) is 15.6. The number of fused-ring (bicyclic) bond motifs is 1. The van der Waals surface area contributed by atoms with Gasteiger partial charge in [-0.3, -0.25) is 0 Å². The average molecular weight is 450 g/mol. The fourth-order valence-corrected chi connectivity index (χ4v) is 4.52. The first-order valence-electron chi connectivity index (χ1n) is 11.8. The van der Waals surface area contributed by atoms with Crippen molar-refractivity contribution in [3.63, 3.8) is 0 Å². The van der Waals surface area contributed by atoms with Crippen LogP contribution in [0.4, 0.5) is 11.8 Å². The van der Waals surface area contributed by atoms with E-state index in [9.17, 15) is 0 Å². The summed E-state index contributed by atoms with van der Waals surface area (Å²) in [7, 11) is 4.06. The molecule has 4 rings (SSSR count). The van der Waals surface area contributed by atoms with Crippen molar-refractivity contribution in [3.8, 4) is 5.75 Å². The quantitative estimate of drug-likeness (QED) is 0.450. The maximum atomic E-state index is 5.74. The number of benzene rings is 2. The van der Waals surface area contributed by atoms with E-state index in [0.29, 0.717) is 18.6 Å². The van der Waals surface area contributed by atoms with E-state index in [0.717, 1.165) is 54.3 Å². The summed E-state index contributed by atoms with van der Waals surface area (Å²) in [5.41, 5.74) is 2.22. The van der Waals surface area contributed by atoms with Crippen LogP contribution in [-0.2, 0) is 6.54 Å². The van der Waals surface area contributed by atoms with Crippen molar-refractivity contribution >= 4 is 22.7 Å². The topological polar surface area (TPSA) is 62.3 Å². The Balaban J connectivity index is 0.00000306. The number of aromatic nitrogens is 2. The van der Waals surface area contributed by atoms with Gasteiger partial charge in [-0.1, -0.05) is 37.8 Å². The minimum atomic E-state index is 0. The molecule has 0 aliphatic heterocycles. The van der Waals surface area contributed by atoms with Gasteiger partial charge in [-0.15, -0.1) is 0 Å². The van der Waals surface area contributed by atoms with Crippen LogP contribution < -0.4 is 20.3 Å². The van der Waals surface area contributed by atoms with Crippen LogP contribution in [0.5, 0.6) is 5.75 Å². The minimum Gasteiger partial charge on any atom is -0.494 e. The number of ether oxygens (including phenoxy) is 1. The fraction of sp³-hybridized carbons (Fsp3) is 0.481. The summed E-state index contributed by atoms with van der Waals surface area (Å²) in [5.74, 6) is 3.40. The Labute approximate surface area is 198 Å². The molecule has 1 aliphatic rings. The highest BCUT2D eigenvalue weighted by Crippen LogP contribution is 2.28. The number of anilines is 2. The summed E-state index contributed by atoms with van der Waals surface area (Å²) >= 11 is 0. The molecule has 0 saturated heterocycles. The van der Waals surface area contributed by atoms with Crippen molar-refractivity contribution in [2.45, 2.75) is 52.6 Å². The van der Waals surface area contributed by atoms with Crippen LogP contribution in [0.2, 0.25) is 0 Å². The lowest BCUT2D eigenvalue weighted by molar-refractivity contribution is 0.318. The van der Waals surface area contributed by atoms with Gasteiger partial charge in [0.25, 0.3) is 0 Å². The molecule has 6 heteroatoms. The number of rotatable bonds is 9. The molecule has 178 valence electrons. The normalized spacial score (nSPS) is 17.9. The van der Waals surface area contributed by atoms with Crippen molar-refractivity contribution in [2.24, 2.45) is 5.92 Å². The number of nitrogens with zero attached hydrogens (tertiary/aromatic N) is 3. The molecule has 3 aromatic rings. The fourth-order valence-electron chi connectivity index (χ4n) is 4.52. The molecule has 0 spiro atoms. The Morgan fingerprint density at radius 1 is 0.970 bits per heavy atom. The van der Waals surface area contributed by atoms with Crippen molar-refractivity contribution < 1.29 is 4.74 Å². The van der Waals surface area contributed by atoms with E-state index in [1.165, 1.54) is 18.4 Å². The van der Waals surface area contributed by atoms with Gasteiger partial charge in [0, 0.05) is 37.6 Å². The van der Waals surface area contributed by atoms with Crippen LogP contribution in [0.25, 0.3) is 10.9 Å². The largest absolute Gasteiger partial charge is 0.494 e. The molecule has 1 heterocycles. The Morgan fingerprint density at radius 2 is 1.70 bits per heavy atom.